The molecule has 1 atom stereocenters. The van der Waals surface area contributed by atoms with E-state index in [2.05, 4.69) is 17.2 Å². The van der Waals surface area contributed by atoms with E-state index in [1.165, 1.54) is 6.92 Å². The van der Waals surface area contributed by atoms with E-state index < -0.39 is 24.3 Å². The molecule has 0 aliphatic rings. The lowest BCUT2D eigenvalue weighted by Crippen LogP contribution is -2.46. The van der Waals surface area contributed by atoms with E-state index in [4.69, 9.17) is 14.2 Å². The third kappa shape index (κ3) is 10.2. The lowest BCUT2D eigenvalue weighted by molar-refractivity contribution is -0.139. The van der Waals surface area contributed by atoms with Crippen LogP contribution in [0.1, 0.15) is 27.2 Å². The molecule has 1 unspecified atom stereocenters. The highest BCUT2D eigenvalue weighted by molar-refractivity contribution is 5.86. The van der Waals surface area contributed by atoms with Crippen LogP contribution in [0.25, 0.3) is 0 Å². The molecule has 0 radical (unpaired) electrons. The van der Waals surface area contributed by atoms with Crippen LogP contribution in [0.5, 0.6) is 0 Å². The zero-order valence-electron chi connectivity index (χ0n) is 12.6. The molecule has 0 saturated heterocycles. The van der Waals surface area contributed by atoms with Crippen molar-refractivity contribution < 1.29 is 28.6 Å². The number of carbonyl (C=O) groups is 3. The first-order chi connectivity index (χ1) is 9.86. The van der Waals surface area contributed by atoms with Gasteiger partial charge in [0, 0.05) is 5.57 Å². The molecule has 2 N–H and O–H groups in total. The second kappa shape index (κ2) is 10.5. The Balaban J connectivity index is 3.76. The molecule has 8 nitrogen and oxygen atoms in total. The Morgan fingerprint density at radius 1 is 1.00 bits per heavy atom. The number of ether oxygens (including phenoxy) is 3. The maximum absolute atomic E-state index is 11.3. The van der Waals surface area contributed by atoms with Crippen molar-refractivity contribution in [2.24, 2.45) is 0 Å². The number of esters is 1. The van der Waals surface area contributed by atoms with Crippen molar-refractivity contribution in [2.45, 2.75) is 33.4 Å². The molecule has 0 aromatic carbocycles. The predicted octanol–water partition coefficient (Wildman–Crippen LogP) is 1.31. The minimum Gasteiger partial charge on any atom is -0.459 e. The fourth-order valence-electron chi connectivity index (χ4n) is 1.06. The van der Waals surface area contributed by atoms with Gasteiger partial charge in [-0.05, 0) is 20.3 Å². The molecule has 0 saturated carbocycles. The summed E-state index contributed by atoms with van der Waals surface area (Å²) in [5.41, 5.74) is 0.267. The van der Waals surface area contributed by atoms with Crippen LogP contribution in [0, 0.1) is 0 Å². The van der Waals surface area contributed by atoms with Gasteiger partial charge in [0.1, 0.15) is 19.4 Å². The molecule has 2 amide bonds. The fraction of sp³-hybridized carbons (Fsp3) is 0.615. The molecule has 0 heterocycles. The van der Waals surface area contributed by atoms with E-state index in [0.29, 0.717) is 13.0 Å². The highest BCUT2D eigenvalue weighted by atomic mass is 16.6. The molecule has 0 aliphatic carbocycles. The number of carbonyl (C=O) groups excluding carboxylic acids is 3. The summed E-state index contributed by atoms with van der Waals surface area (Å²) in [6.07, 6.45) is -1.32. The van der Waals surface area contributed by atoms with Crippen LogP contribution in [-0.2, 0) is 19.0 Å². The molecular weight excluding hydrogens is 280 g/mol. The first-order valence-electron chi connectivity index (χ1n) is 6.56. The molecule has 21 heavy (non-hydrogen) atoms. The van der Waals surface area contributed by atoms with Gasteiger partial charge in [-0.2, -0.15) is 0 Å². The van der Waals surface area contributed by atoms with Crippen molar-refractivity contribution >= 4 is 18.2 Å². The Morgan fingerprint density at radius 2 is 1.48 bits per heavy atom. The van der Waals surface area contributed by atoms with Gasteiger partial charge in [0.05, 0.1) is 6.61 Å². The van der Waals surface area contributed by atoms with Gasteiger partial charge in [-0.15, -0.1) is 0 Å². The van der Waals surface area contributed by atoms with Gasteiger partial charge >= 0.3 is 18.2 Å². The molecule has 0 fully saturated rings. The van der Waals surface area contributed by atoms with Crippen molar-refractivity contribution in [1.82, 2.24) is 10.6 Å². The SMILES string of the molecule is C=C(C)C(=O)OCCOC(=O)NC(C)NC(=O)OCCC. The van der Waals surface area contributed by atoms with Crippen LogP contribution in [-0.4, -0.2) is 44.1 Å². The van der Waals surface area contributed by atoms with Crippen molar-refractivity contribution in [2.75, 3.05) is 19.8 Å². The number of hydrogen-bond acceptors (Lipinski definition) is 6. The van der Waals surface area contributed by atoms with Crippen LogP contribution in [0.4, 0.5) is 9.59 Å². The Labute approximate surface area is 123 Å². The average Bonchev–Trinajstić information content (AvgIpc) is 2.40. The number of hydrogen-bond donors (Lipinski definition) is 2. The molecule has 0 aromatic heterocycles. The Kier molecular flexibility index (Phi) is 9.40. The average molecular weight is 302 g/mol. The summed E-state index contributed by atoms with van der Waals surface area (Å²) in [6.45, 7) is 8.48. The Bertz CT molecular complexity index is 383. The van der Waals surface area contributed by atoms with Gasteiger partial charge in [0.15, 0.2) is 0 Å². The first-order valence-corrected chi connectivity index (χ1v) is 6.56. The molecule has 0 aromatic rings. The summed E-state index contributed by atoms with van der Waals surface area (Å²) < 4.78 is 14.3. The predicted molar refractivity (Wildman–Crippen MR) is 74.5 cm³/mol. The summed E-state index contributed by atoms with van der Waals surface area (Å²) in [5.74, 6) is -0.548. The standard InChI is InChI=1S/C13H22N2O6/c1-5-6-20-12(17)14-10(4)15-13(18)21-8-7-19-11(16)9(2)3/h10H,2,5-8H2,1,3-4H3,(H,14,17)(H,15,18). The number of alkyl carbamates (subject to hydrolysis) is 2. The van der Waals surface area contributed by atoms with Crippen LogP contribution in [0.3, 0.4) is 0 Å². The Hall–Kier alpha value is -2.25. The van der Waals surface area contributed by atoms with E-state index in [-0.39, 0.29) is 18.8 Å². The summed E-state index contributed by atoms with van der Waals surface area (Å²) >= 11 is 0. The third-order valence-corrected chi connectivity index (χ3v) is 2.00. The largest absolute Gasteiger partial charge is 0.459 e. The second-order valence-corrected chi connectivity index (χ2v) is 4.20. The highest BCUT2D eigenvalue weighted by Crippen LogP contribution is 1.92. The molecule has 0 rings (SSSR count). The number of rotatable bonds is 8. The molecule has 0 spiro atoms. The van der Waals surface area contributed by atoms with Gasteiger partial charge in [-0.3, -0.25) is 0 Å². The van der Waals surface area contributed by atoms with Gasteiger partial charge in [-0.1, -0.05) is 13.5 Å². The summed E-state index contributed by atoms with van der Waals surface area (Å²) in [6, 6.07) is 0. The van der Waals surface area contributed by atoms with Crippen LogP contribution >= 0.6 is 0 Å². The van der Waals surface area contributed by atoms with E-state index in [9.17, 15) is 14.4 Å². The maximum atomic E-state index is 11.3. The van der Waals surface area contributed by atoms with Gasteiger partial charge in [-0.25, -0.2) is 14.4 Å². The smallest absolute Gasteiger partial charge is 0.408 e. The molecule has 0 aliphatic heterocycles. The van der Waals surface area contributed by atoms with Gasteiger partial charge in [0.2, 0.25) is 0 Å². The maximum Gasteiger partial charge on any atom is 0.408 e. The zero-order valence-corrected chi connectivity index (χ0v) is 12.6. The van der Waals surface area contributed by atoms with Crippen LogP contribution < -0.4 is 10.6 Å². The van der Waals surface area contributed by atoms with Crippen molar-refractivity contribution in [1.29, 1.82) is 0 Å². The zero-order chi connectivity index (χ0) is 16.3. The van der Waals surface area contributed by atoms with Crippen LogP contribution in [0.15, 0.2) is 12.2 Å². The minimum absolute atomic E-state index is 0.0700. The summed E-state index contributed by atoms with van der Waals surface area (Å²) in [7, 11) is 0. The molecular formula is C13H22N2O6. The normalized spacial score (nSPS) is 11.0. The third-order valence-electron chi connectivity index (χ3n) is 2.00. The van der Waals surface area contributed by atoms with Crippen molar-refractivity contribution in [3.05, 3.63) is 12.2 Å². The van der Waals surface area contributed by atoms with Crippen molar-refractivity contribution in [3.63, 3.8) is 0 Å². The quantitative estimate of drug-likeness (QED) is 0.230. The lowest BCUT2D eigenvalue weighted by atomic mass is 10.4. The topological polar surface area (TPSA) is 103 Å². The van der Waals surface area contributed by atoms with Gasteiger partial charge in [0.25, 0.3) is 0 Å². The number of amides is 2. The minimum atomic E-state index is -0.746. The summed E-state index contributed by atoms with van der Waals surface area (Å²) in [4.78, 5) is 33.6. The van der Waals surface area contributed by atoms with Crippen molar-refractivity contribution in [3.8, 4) is 0 Å². The first kappa shape index (κ1) is 18.8. The Morgan fingerprint density at radius 3 is 1.95 bits per heavy atom. The molecule has 120 valence electrons. The fourth-order valence-corrected chi connectivity index (χ4v) is 1.06. The van der Waals surface area contributed by atoms with Gasteiger partial charge < -0.3 is 24.8 Å². The second-order valence-electron chi connectivity index (χ2n) is 4.20. The monoisotopic (exact) mass is 302 g/mol. The molecule has 8 heteroatoms. The lowest BCUT2D eigenvalue weighted by Gasteiger charge is -2.15. The highest BCUT2D eigenvalue weighted by Gasteiger charge is 2.11. The van der Waals surface area contributed by atoms with E-state index in [0.717, 1.165) is 0 Å². The molecule has 0 bridgehead atoms. The van der Waals surface area contributed by atoms with Crippen LogP contribution in [0.2, 0.25) is 0 Å². The van der Waals surface area contributed by atoms with E-state index in [1.807, 2.05) is 6.92 Å². The van der Waals surface area contributed by atoms with E-state index >= 15 is 0 Å². The number of nitrogens with one attached hydrogen (secondary N) is 2. The van der Waals surface area contributed by atoms with E-state index in [1.54, 1.807) is 6.92 Å². The summed E-state index contributed by atoms with van der Waals surface area (Å²) in [5, 5.41) is 4.77.